The maximum atomic E-state index is 13.1. The number of hydrogen-bond donors (Lipinski definition) is 1. The summed E-state index contributed by atoms with van der Waals surface area (Å²) >= 11 is 2.22. The molecule has 0 aromatic heterocycles. The summed E-state index contributed by atoms with van der Waals surface area (Å²) in [6, 6.07) is 13.9. The van der Waals surface area contributed by atoms with Gasteiger partial charge in [-0.15, -0.1) is 0 Å². The molecule has 4 rings (SSSR count). The van der Waals surface area contributed by atoms with Crippen LogP contribution in [0.4, 0.5) is 0 Å². The van der Waals surface area contributed by atoms with Crippen molar-refractivity contribution >= 4 is 40.0 Å². The molecule has 2 aromatic carbocycles. The molecular weight excluding hydrogens is 535 g/mol. The normalized spacial score (nSPS) is 20.9. The number of carbonyl (C=O) groups excluding carboxylic acids is 2. The number of aliphatic hydroxyl groups excluding tert-OH is 1. The Bertz CT molecular complexity index is 1050. The number of ether oxygens (including phenoxy) is 2. The van der Waals surface area contributed by atoms with Gasteiger partial charge in [-0.25, -0.2) is 0 Å². The lowest BCUT2D eigenvalue weighted by atomic mass is 9.95. The highest BCUT2D eigenvalue weighted by Crippen LogP contribution is 2.40. The van der Waals surface area contributed by atoms with Crippen molar-refractivity contribution in [2.75, 3.05) is 46.5 Å². The minimum atomic E-state index is -0.662. The van der Waals surface area contributed by atoms with Crippen LogP contribution in [0.15, 0.2) is 54.1 Å². The highest BCUT2D eigenvalue weighted by Gasteiger charge is 2.45. The molecule has 33 heavy (non-hydrogen) atoms. The maximum Gasteiger partial charge on any atom is 0.295 e. The molecule has 7 nitrogen and oxygen atoms in total. The van der Waals surface area contributed by atoms with Crippen LogP contribution in [0.2, 0.25) is 0 Å². The van der Waals surface area contributed by atoms with Crippen molar-refractivity contribution in [2.45, 2.75) is 12.5 Å². The fraction of sp³-hybridized carbons (Fsp3) is 0.360. The molecule has 2 aliphatic rings. The number of amides is 1. The number of ketones is 1. The minimum absolute atomic E-state index is 0.112. The molecule has 174 valence electrons. The van der Waals surface area contributed by atoms with Gasteiger partial charge in [0.05, 0.1) is 31.9 Å². The van der Waals surface area contributed by atoms with Gasteiger partial charge in [0.2, 0.25) is 0 Å². The molecule has 0 saturated carbocycles. The van der Waals surface area contributed by atoms with Gasteiger partial charge < -0.3 is 19.5 Å². The Hall–Kier alpha value is -2.43. The summed E-state index contributed by atoms with van der Waals surface area (Å²) in [5.74, 6) is -0.869. The first kappa shape index (κ1) is 23.7. The molecule has 0 aliphatic carbocycles. The fourth-order valence-electron chi connectivity index (χ4n) is 4.32. The van der Waals surface area contributed by atoms with Crippen molar-refractivity contribution in [3.05, 3.63) is 68.8 Å². The van der Waals surface area contributed by atoms with E-state index in [0.717, 1.165) is 35.2 Å². The molecule has 0 spiro atoms. The molecule has 2 saturated heterocycles. The number of carbonyl (C=O) groups is 2. The number of aliphatic hydroxyl groups is 1. The summed E-state index contributed by atoms with van der Waals surface area (Å²) in [7, 11) is 1.54. The zero-order chi connectivity index (χ0) is 23.4. The predicted octanol–water partition coefficient (Wildman–Crippen LogP) is 3.44. The second kappa shape index (κ2) is 10.7. The third-order valence-electron chi connectivity index (χ3n) is 6.05. The first-order valence-corrected chi connectivity index (χ1v) is 12.1. The lowest BCUT2D eigenvalue weighted by molar-refractivity contribution is -0.140. The third kappa shape index (κ3) is 5.23. The number of likely N-dealkylation sites (tertiary alicyclic amines) is 1. The van der Waals surface area contributed by atoms with E-state index in [-0.39, 0.29) is 11.3 Å². The molecule has 0 bridgehead atoms. The highest BCUT2D eigenvalue weighted by molar-refractivity contribution is 14.1. The Balaban J connectivity index is 1.67. The van der Waals surface area contributed by atoms with Crippen molar-refractivity contribution in [3.63, 3.8) is 0 Å². The van der Waals surface area contributed by atoms with Gasteiger partial charge in [0.1, 0.15) is 11.5 Å². The Labute approximate surface area is 207 Å². The van der Waals surface area contributed by atoms with Gasteiger partial charge in [-0.3, -0.25) is 14.5 Å². The largest absolute Gasteiger partial charge is 0.507 e. The van der Waals surface area contributed by atoms with E-state index in [2.05, 4.69) is 27.5 Å². The van der Waals surface area contributed by atoms with E-state index in [1.807, 2.05) is 24.3 Å². The molecular formula is C25H27IN2O5. The molecule has 1 amide bonds. The molecule has 2 aliphatic heterocycles. The van der Waals surface area contributed by atoms with Gasteiger partial charge in [0.25, 0.3) is 11.7 Å². The third-order valence-corrected chi connectivity index (χ3v) is 6.77. The quantitative estimate of drug-likeness (QED) is 0.241. The summed E-state index contributed by atoms with van der Waals surface area (Å²) in [6.07, 6.45) is 0.729. The number of morpholine rings is 1. The van der Waals surface area contributed by atoms with Crippen LogP contribution in [0.25, 0.3) is 5.76 Å². The van der Waals surface area contributed by atoms with E-state index < -0.39 is 17.7 Å². The molecule has 1 N–H and O–H groups in total. The van der Waals surface area contributed by atoms with Crippen LogP contribution >= 0.6 is 22.6 Å². The van der Waals surface area contributed by atoms with E-state index in [1.165, 1.54) is 7.11 Å². The number of rotatable bonds is 7. The average molecular weight is 562 g/mol. The topological polar surface area (TPSA) is 79.3 Å². The van der Waals surface area contributed by atoms with E-state index in [1.54, 1.807) is 29.2 Å². The second-order valence-electron chi connectivity index (χ2n) is 8.08. The van der Waals surface area contributed by atoms with Crippen molar-refractivity contribution in [2.24, 2.45) is 0 Å². The van der Waals surface area contributed by atoms with Gasteiger partial charge in [0.15, 0.2) is 0 Å². The minimum Gasteiger partial charge on any atom is -0.507 e. The highest BCUT2D eigenvalue weighted by atomic mass is 127. The monoisotopic (exact) mass is 562 g/mol. The molecule has 1 unspecified atom stereocenters. The van der Waals surface area contributed by atoms with Crippen LogP contribution in [-0.4, -0.2) is 73.1 Å². The SMILES string of the molecule is COc1cccc(/C(O)=C2\C(=O)C(=O)N(CCCN3CCOCC3)C2c2ccc(I)cc2)c1. The van der Waals surface area contributed by atoms with E-state index in [4.69, 9.17) is 9.47 Å². The van der Waals surface area contributed by atoms with Gasteiger partial charge in [-0.2, -0.15) is 0 Å². The summed E-state index contributed by atoms with van der Waals surface area (Å²) < 4.78 is 11.7. The molecule has 0 radical (unpaired) electrons. The van der Waals surface area contributed by atoms with Gasteiger partial charge in [0, 0.05) is 35.3 Å². The molecule has 1 atom stereocenters. The number of benzene rings is 2. The van der Waals surface area contributed by atoms with Crippen LogP contribution in [0.5, 0.6) is 5.75 Å². The first-order valence-electron chi connectivity index (χ1n) is 11.0. The smallest absolute Gasteiger partial charge is 0.295 e. The van der Waals surface area contributed by atoms with E-state index in [0.29, 0.717) is 31.1 Å². The summed E-state index contributed by atoms with van der Waals surface area (Å²) in [5.41, 5.74) is 1.35. The number of halogens is 1. The van der Waals surface area contributed by atoms with Gasteiger partial charge in [-0.05, 0) is 58.8 Å². The van der Waals surface area contributed by atoms with Crippen LogP contribution in [0, 0.1) is 3.57 Å². The van der Waals surface area contributed by atoms with Crippen molar-refractivity contribution in [3.8, 4) is 5.75 Å². The zero-order valence-corrected chi connectivity index (χ0v) is 20.7. The number of hydrogen-bond acceptors (Lipinski definition) is 6. The van der Waals surface area contributed by atoms with Crippen molar-refractivity contribution in [1.29, 1.82) is 0 Å². The molecule has 2 aromatic rings. The Morgan fingerprint density at radius 1 is 1.12 bits per heavy atom. The maximum absolute atomic E-state index is 13.1. The summed E-state index contributed by atoms with van der Waals surface area (Å²) in [5, 5.41) is 11.2. The number of Topliss-reactive ketones (excluding diaryl/α,β-unsaturated/α-hetero) is 1. The molecule has 8 heteroatoms. The number of nitrogens with zero attached hydrogens (tertiary/aromatic N) is 2. The van der Waals surface area contributed by atoms with Crippen LogP contribution in [0.3, 0.4) is 0 Å². The predicted molar refractivity (Wildman–Crippen MR) is 133 cm³/mol. The van der Waals surface area contributed by atoms with Crippen LogP contribution in [0.1, 0.15) is 23.6 Å². The Kier molecular flexibility index (Phi) is 7.67. The van der Waals surface area contributed by atoms with Crippen LogP contribution in [-0.2, 0) is 14.3 Å². The van der Waals surface area contributed by atoms with E-state index >= 15 is 0 Å². The lowest BCUT2D eigenvalue weighted by Crippen LogP contribution is -2.38. The van der Waals surface area contributed by atoms with E-state index in [9.17, 15) is 14.7 Å². The molecule has 2 fully saturated rings. The van der Waals surface area contributed by atoms with Crippen LogP contribution < -0.4 is 4.74 Å². The van der Waals surface area contributed by atoms with Crippen molar-refractivity contribution in [1.82, 2.24) is 9.80 Å². The summed E-state index contributed by atoms with van der Waals surface area (Å²) in [4.78, 5) is 30.1. The van der Waals surface area contributed by atoms with Crippen molar-refractivity contribution < 1.29 is 24.2 Å². The molecule has 2 heterocycles. The standard InChI is InChI=1S/C25H27IN2O5/c1-32-20-5-2-4-18(16-20)23(29)21-22(17-6-8-19(26)9-7-17)28(25(31)24(21)30)11-3-10-27-12-14-33-15-13-27/h2,4-9,16,22,29H,3,10-15H2,1H3/b23-21+. The fourth-order valence-corrected chi connectivity index (χ4v) is 4.68. The Morgan fingerprint density at radius 3 is 2.55 bits per heavy atom. The first-order chi connectivity index (χ1) is 16.0. The second-order valence-corrected chi connectivity index (χ2v) is 9.33. The number of methoxy groups -OCH3 is 1. The van der Waals surface area contributed by atoms with Gasteiger partial charge in [-0.1, -0.05) is 24.3 Å². The summed E-state index contributed by atoms with van der Waals surface area (Å²) in [6.45, 7) is 4.42. The average Bonchev–Trinajstić information content (AvgIpc) is 3.10. The Morgan fingerprint density at radius 2 is 1.85 bits per heavy atom. The zero-order valence-electron chi connectivity index (χ0n) is 18.5. The van der Waals surface area contributed by atoms with Gasteiger partial charge >= 0.3 is 0 Å². The lowest BCUT2D eigenvalue weighted by Gasteiger charge is -2.29.